The van der Waals surface area contributed by atoms with Crippen molar-refractivity contribution < 1.29 is 9.50 Å². The van der Waals surface area contributed by atoms with Gasteiger partial charge in [0.15, 0.2) is 0 Å². The summed E-state index contributed by atoms with van der Waals surface area (Å²) < 4.78 is 12.8. The van der Waals surface area contributed by atoms with Crippen LogP contribution in [0.1, 0.15) is 17.4 Å². The molecule has 96 valence electrons. The molecule has 18 heavy (non-hydrogen) atoms. The SMILES string of the molecule is CC(O)(CNCc1cncs1)c1ccc(F)cc1. The first-order valence-electron chi connectivity index (χ1n) is 5.64. The molecule has 1 atom stereocenters. The summed E-state index contributed by atoms with van der Waals surface area (Å²) in [5, 5.41) is 13.5. The van der Waals surface area contributed by atoms with E-state index >= 15 is 0 Å². The van der Waals surface area contributed by atoms with E-state index in [4.69, 9.17) is 0 Å². The van der Waals surface area contributed by atoms with E-state index in [9.17, 15) is 9.50 Å². The maximum Gasteiger partial charge on any atom is 0.123 e. The molecule has 0 aliphatic rings. The van der Waals surface area contributed by atoms with Crippen LogP contribution in [0.4, 0.5) is 4.39 Å². The van der Waals surface area contributed by atoms with Crippen LogP contribution in [0.5, 0.6) is 0 Å². The fourth-order valence-electron chi connectivity index (χ4n) is 1.67. The molecule has 0 radical (unpaired) electrons. The Morgan fingerprint density at radius 1 is 1.39 bits per heavy atom. The van der Waals surface area contributed by atoms with Gasteiger partial charge in [0, 0.05) is 24.2 Å². The Hall–Kier alpha value is -1.30. The zero-order valence-corrected chi connectivity index (χ0v) is 10.9. The zero-order valence-electron chi connectivity index (χ0n) is 10.1. The van der Waals surface area contributed by atoms with Gasteiger partial charge in [0.1, 0.15) is 5.82 Å². The second kappa shape index (κ2) is 5.56. The summed E-state index contributed by atoms with van der Waals surface area (Å²) in [6.45, 7) is 2.78. The molecule has 2 aromatic rings. The average Bonchev–Trinajstić information content (AvgIpc) is 2.82. The highest BCUT2D eigenvalue weighted by Gasteiger charge is 2.22. The first-order chi connectivity index (χ1) is 8.58. The van der Waals surface area contributed by atoms with E-state index in [-0.39, 0.29) is 5.82 Å². The summed E-state index contributed by atoms with van der Waals surface area (Å²) in [6, 6.07) is 5.91. The molecule has 2 N–H and O–H groups in total. The van der Waals surface area contributed by atoms with Gasteiger partial charge in [-0.3, -0.25) is 4.98 Å². The van der Waals surface area contributed by atoms with Crippen LogP contribution in [0.25, 0.3) is 0 Å². The molecule has 0 saturated heterocycles. The lowest BCUT2D eigenvalue weighted by Gasteiger charge is -2.24. The number of thiazole rings is 1. The van der Waals surface area contributed by atoms with Crippen LogP contribution in [-0.4, -0.2) is 16.6 Å². The van der Waals surface area contributed by atoms with Crippen LogP contribution in [-0.2, 0) is 12.1 Å². The zero-order chi connectivity index (χ0) is 13.0. The molecule has 0 spiro atoms. The van der Waals surface area contributed by atoms with E-state index in [0.717, 1.165) is 4.88 Å². The smallest absolute Gasteiger partial charge is 0.123 e. The molecule has 2 rings (SSSR count). The van der Waals surface area contributed by atoms with Gasteiger partial charge in [-0.15, -0.1) is 11.3 Å². The number of hydrogen-bond acceptors (Lipinski definition) is 4. The molecular formula is C13H15FN2OS. The minimum atomic E-state index is -1.02. The number of hydrogen-bond donors (Lipinski definition) is 2. The van der Waals surface area contributed by atoms with Gasteiger partial charge in [0.05, 0.1) is 11.1 Å². The van der Waals surface area contributed by atoms with Crippen molar-refractivity contribution in [1.29, 1.82) is 0 Å². The average molecular weight is 266 g/mol. The number of aromatic nitrogens is 1. The maximum atomic E-state index is 12.8. The minimum absolute atomic E-state index is 0.299. The summed E-state index contributed by atoms with van der Waals surface area (Å²) in [7, 11) is 0. The monoisotopic (exact) mass is 266 g/mol. The van der Waals surface area contributed by atoms with Crippen molar-refractivity contribution in [3.8, 4) is 0 Å². The third-order valence-corrected chi connectivity index (χ3v) is 3.50. The number of nitrogens with one attached hydrogen (secondary N) is 1. The number of benzene rings is 1. The Morgan fingerprint density at radius 3 is 2.72 bits per heavy atom. The van der Waals surface area contributed by atoms with Gasteiger partial charge in [-0.2, -0.15) is 0 Å². The molecule has 1 heterocycles. The van der Waals surface area contributed by atoms with Crippen LogP contribution >= 0.6 is 11.3 Å². The van der Waals surface area contributed by atoms with Crippen molar-refractivity contribution in [2.45, 2.75) is 19.1 Å². The first kappa shape index (κ1) is 13.1. The van der Waals surface area contributed by atoms with Gasteiger partial charge in [-0.25, -0.2) is 4.39 Å². The highest BCUT2D eigenvalue weighted by atomic mass is 32.1. The van der Waals surface area contributed by atoms with Gasteiger partial charge < -0.3 is 10.4 Å². The van der Waals surface area contributed by atoms with Crippen molar-refractivity contribution in [3.63, 3.8) is 0 Å². The Labute approximate surface area is 109 Å². The quantitative estimate of drug-likeness (QED) is 0.872. The van der Waals surface area contributed by atoms with Gasteiger partial charge >= 0.3 is 0 Å². The van der Waals surface area contributed by atoms with Gasteiger partial charge in [-0.1, -0.05) is 12.1 Å². The summed E-state index contributed by atoms with van der Waals surface area (Å²) in [6.07, 6.45) is 1.80. The molecule has 5 heteroatoms. The first-order valence-corrected chi connectivity index (χ1v) is 6.52. The topological polar surface area (TPSA) is 45.1 Å². The van der Waals surface area contributed by atoms with Crippen LogP contribution < -0.4 is 5.32 Å². The fraction of sp³-hybridized carbons (Fsp3) is 0.308. The number of nitrogens with zero attached hydrogens (tertiary/aromatic N) is 1. The summed E-state index contributed by atoms with van der Waals surface area (Å²) >= 11 is 1.57. The van der Waals surface area contributed by atoms with Crippen molar-refractivity contribution in [1.82, 2.24) is 10.3 Å². The molecule has 0 aliphatic carbocycles. The summed E-state index contributed by atoms with van der Waals surface area (Å²) in [5.41, 5.74) is 1.45. The normalized spacial score (nSPS) is 14.4. The largest absolute Gasteiger partial charge is 0.384 e. The van der Waals surface area contributed by atoms with Crippen molar-refractivity contribution in [2.75, 3.05) is 6.54 Å². The highest BCUT2D eigenvalue weighted by molar-refractivity contribution is 7.09. The molecule has 1 aromatic heterocycles. The second-order valence-corrected chi connectivity index (χ2v) is 5.32. The lowest BCUT2D eigenvalue weighted by Crippen LogP contribution is -2.35. The lowest BCUT2D eigenvalue weighted by atomic mass is 9.96. The van der Waals surface area contributed by atoms with E-state index in [1.807, 2.05) is 0 Å². The van der Waals surface area contributed by atoms with Crippen molar-refractivity contribution >= 4 is 11.3 Å². The molecule has 1 aromatic carbocycles. The molecule has 0 fully saturated rings. The van der Waals surface area contributed by atoms with Crippen molar-refractivity contribution in [2.24, 2.45) is 0 Å². The predicted molar refractivity (Wildman–Crippen MR) is 69.8 cm³/mol. The Kier molecular flexibility index (Phi) is 4.06. The third kappa shape index (κ3) is 3.35. The third-order valence-electron chi connectivity index (χ3n) is 2.72. The Morgan fingerprint density at radius 2 is 2.11 bits per heavy atom. The van der Waals surface area contributed by atoms with Crippen LogP contribution in [0.2, 0.25) is 0 Å². The van der Waals surface area contributed by atoms with Crippen molar-refractivity contribution in [3.05, 3.63) is 52.2 Å². The van der Waals surface area contributed by atoms with Crippen LogP contribution in [0.3, 0.4) is 0 Å². The van der Waals surface area contributed by atoms with Gasteiger partial charge in [-0.05, 0) is 24.6 Å². The molecule has 0 aliphatic heterocycles. The number of rotatable bonds is 5. The lowest BCUT2D eigenvalue weighted by molar-refractivity contribution is 0.0567. The van der Waals surface area contributed by atoms with E-state index < -0.39 is 5.60 Å². The number of aliphatic hydroxyl groups is 1. The maximum absolute atomic E-state index is 12.8. The van der Waals surface area contributed by atoms with Gasteiger partial charge in [0.2, 0.25) is 0 Å². The van der Waals surface area contributed by atoms with Crippen LogP contribution in [0, 0.1) is 5.82 Å². The molecular weight excluding hydrogens is 251 g/mol. The van der Waals surface area contributed by atoms with Crippen LogP contribution in [0.15, 0.2) is 36.0 Å². The molecule has 3 nitrogen and oxygen atoms in total. The van der Waals surface area contributed by atoms with Gasteiger partial charge in [0.25, 0.3) is 0 Å². The highest BCUT2D eigenvalue weighted by Crippen LogP contribution is 2.20. The molecule has 1 unspecified atom stereocenters. The minimum Gasteiger partial charge on any atom is -0.384 e. The second-order valence-electron chi connectivity index (χ2n) is 4.35. The van der Waals surface area contributed by atoms with E-state index in [2.05, 4.69) is 10.3 Å². The van der Waals surface area contributed by atoms with E-state index in [0.29, 0.717) is 18.7 Å². The fourth-order valence-corrected chi connectivity index (χ4v) is 2.23. The Bertz CT molecular complexity index is 482. The molecule has 0 amide bonds. The standard InChI is InChI=1S/C13H15FN2OS/c1-13(17,10-2-4-11(14)5-3-10)8-15-6-12-7-16-9-18-12/h2-5,7,9,15,17H,6,8H2,1H3. The predicted octanol–water partition coefficient (Wildman–Crippen LogP) is 2.28. The Balaban J connectivity index is 1.92. The summed E-state index contributed by atoms with van der Waals surface area (Å²) in [5.74, 6) is -0.299. The van der Waals surface area contributed by atoms with E-state index in [1.54, 1.807) is 42.1 Å². The number of halogens is 1. The van der Waals surface area contributed by atoms with E-state index in [1.165, 1.54) is 12.1 Å². The summed E-state index contributed by atoms with van der Waals surface area (Å²) in [4.78, 5) is 5.10. The molecule has 0 bridgehead atoms. The molecule has 0 saturated carbocycles.